The van der Waals surface area contributed by atoms with E-state index in [9.17, 15) is 13.2 Å². The summed E-state index contributed by atoms with van der Waals surface area (Å²) < 4.78 is 36.6. The van der Waals surface area contributed by atoms with Crippen molar-refractivity contribution in [1.82, 2.24) is 0 Å². The minimum Gasteiger partial charge on any atom is -0.166 e. The molecule has 0 unspecified atom stereocenters. The quantitative estimate of drug-likeness (QED) is 0.612. The number of alkyl halides is 4. The Hall–Kier alpha value is -0.700. The van der Waals surface area contributed by atoms with Crippen molar-refractivity contribution in [2.75, 3.05) is 0 Å². The van der Waals surface area contributed by atoms with Crippen molar-refractivity contribution >= 4 is 11.6 Å². The van der Waals surface area contributed by atoms with Gasteiger partial charge >= 0.3 is 6.18 Å². The van der Waals surface area contributed by atoms with Gasteiger partial charge in [-0.15, -0.1) is 11.6 Å². The smallest absolute Gasteiger partial charge is 0.166 e. The predicted octanol–water partition coefficient (Wildman–Crippen LogP) is 4.01. The molecule has 0 amide bonds. The Morgan fingerprint density at radius 1 is 1.31 bits per heavy atom. The molecule has 0 fully saturated rings. The van der Waals surface area contributed by atoms with Crippen LogP contribution in [0.15, 0.2) is 24.3 Å². The summed E-state index contributed by atoms with van der Waals surface area (Å²) in [6.07, 6.45) is -4.29. The Bertz CT molecular complexity index is 291. The highest BCUT2D eigenvalue weighted by atomic mass is 35.5. The van der Waals surface area contributed by atoms with E-state index in [-0.39, 0.29) is 0 Å². The maximum Gasteiger partial charge on any atom is 0.416 e. The first-order valence-corrected chi connectivity index (χ1v) is 4.16. The molecule has 4 heteroatoms. The lowest BCUT2D eigenvalue weighted by molar-refractivity contribution is -0.137. The molecule has 0 aliphatic heterocycles. The van der Waals surface area contributed by atoms with Crippen molar-refractivity contribution in [2.45, 2.75) is 18.5 Å². The van der Waals surface area contributed by atoms with Gasteiger partial charge in [-0.05, 0) is 18.6 Å². The highest BCUT2D eigenvalue weighted by Gasteiger charge is 2.30. The van der Waals surface area contributed by atoms with E-state index in [1.165, 1.54) is 6.07 Å². The molecule has 0 nitrogen and oxygen atoms in total. The lowest BCUT2D eigenvalue weighted by Crippen LogP contribution is -2.05. The molecule has 1 rings (SSSR count). The van der Waals surface area contributed by atoms with Crippen LogP contribution in [-0.2, 0) is 6.18 Å². The van der Waals surface area contributed by atoms with E-state index in [0.717, 1.165) is 12.1 Å². The van der Waals surface area contributed by atoms with E-state index in [4.69, 9.17) is 11.6 Å². The van der Waals surface area contributed by atoms with Crippen LogP contribution in [0.3, 0.4) is 0 Å². The summed E-state index contributed by atoms with van der Waals surface area (Å²) in [5.74, 6) is 0. The van der Waals surface area contributed by atoms with Crippen molar-refractivity contribution in [3.05, 3.63) is 35.4 Å². The minimum absolute atomic E-state index is 0.401. The van der Waals surface area contributed by atoms with Crippen LogP contribution in [-0.4, -0.2) is 0 Å². The van der Waals surface area contributed by atoms with E-state index in [0.29, 0.717) is 5.56 Å². The fourth-order valence-corrected chi connectivity index (χ4v) is 1.10. The van der Waals surface area contributed by atoms with E-state index in [2.05, 4.69) is 0 Å². The predicted molar refractivity (Wildman–Crippen MR) is 45.7 cm³/mol. The molecule has 0 saturated carbocycles. The highest BCUT2D eigenvalue weighted by molar-refractivity contribution is 6.20. The van der Waals surface area contributed by atoms with Crippen LogP contribution in [0.4, 0.5) is 13.2 Å². The average molecular weight is 209 g/mol. The van der Waals surface area contributed by atoms with Gasteiger partial charge in [-0.3, -0.25) is 0 Å². The maximum atomic E-state index is 12.2. The summed E-state index contributed by atoms with van der Waals surface area (Å²) in [4.78, 5) is 0. The van der Waals surface area contributed by atoms with E-state index in [1.54, 1.807) is 13.0 Å². The van der Waals surface area contributed by atoms with Crippen molar-refractivity contribution in [2.24, 2.45) is 0 Å². The van der Waals surface area contributed by atoms with Gasteiger partial charge in [0.25, 0.3) is 0 Å². The molecule has 1 aromatic rings. The van der Waals surface area contributed by atoms with E-state index < -0.39 is 17.1 Å². The first-order chi connectivity index (χ1) is 5.91. The molecule has 0 aliphatic rings. The molecule has 1 atom stereocenters. The number of hydrogen-bond donors (Lipinski definition) is 0. The van der Waals surface area contributed by atoms with Gasteiger partial charge in [0, 0.05) is 0 Å². The first-order valence-electron chi connectivity index (χ1n) is 3.72. The third-order valence-electron chi connectivity index (χ3n) is 1.67. The van der Waals surface area contributed by atoms with Gasteiger partial charge in [0.15, 0.2) is 0 Å². The first kappa shape index (κ1) is 10.4. The Morgan fingerprint density at radius 3 is 2.38 bits per heavy atom. The van der Waals surface area contributed by atoms with Crippen LogP contribution in [0.25, 0.3) is 0 Å². The zero-order chi connectivity index (χ0) is 10.1. The van der Waals surface area contributed by atoms with Crippen molar-refractivity contribution in [3.63, 3.8) is 0 Å². The van der Waals surface area contributed by atoms with Crippen LogP contribution in [0.1, 0.15) is 23.4 Å². The van der Waals surface area contributed by atoms with Crippen LogP contribution < -0.4 is 0 Å². The zero-order valence-electron chi connectivity index (χ0n) is 6.90. The van der Waals surface area contributed by atoms with Gasteiger partial charge < -0.3 is 0 Å². The van der Waals surface area contributed by atoms with Gasteiger partial charge in [0.2, 0.25) is 0 Å². The molecule has 0 spiro atoms. The van der Waals surface area contributed by atoms with Crippen LogP contribution in [0.2, 0.25) is 0 Å². The number of benzene rings is 1. The van der Waals surface area contributed by atoms with E-state index >= 15 is 0 Å². The molecular formula is C9H8ClF3. The Balaban J connectivity index is 3.06. The van der Waals surface area contributed by atoms with Gasteiger partial charge in [-0.25, -0.2) is 0 Å². The van der Waals surface area contributed by atoms with Crippen LogP contribution in [0.5, 0.6) is 0 Å². The Morgan fingerprint density at radius 2 is 1.92 bits per heavy atom. The summed E-state index contributed by atoms with van der Waals surface area (Å²) in [5, 5.41) is -0.401. The number of hydrogen-bond acceptors (Lipinski definition) is 0. The molecule has 0 heterocycles. The molecule has 72 valence electrons. The molecule has 13 heavy (non-hydrogen) atoms. The minimum atomic E-state index is -4.29. The highest BCUT2D eigenvalue weighted by Crippen LogP contribution is 2.31. The van der Waals surface area contributed by atoms with Crippen molar-refractivity contribution < 1.29 is 13.2 Å². The summed E-state index contributed by atoms with van der Waals surface area (Å²) in [6, 6.07) is 5.03. The summed E-state index contributed by atoms with van der Waals surface area (Å²) in [5.41, 5.74) is -0.172. The summed E-state index contributed by atoms with van der Waals surface area (Å²) >= 11 is 5.66. The second-order valence-electron chi connectivity index (χ2n) is 2.74. The molecule has 0 bridgehead atoms. The van der Waals surface area contributed by atoms with Gasteiger partial charge in [-0.2, -0.15) is 13.2 Å². The second-order valence-corrected chi connectivity index (χ2v) is 3.39. The lowest BCUT2D eigenvalue weighted by atomic mass is 10.1. The second kappa shape index (κ2) is 3.58. The molecule has 0 saturated heterocycles. The lowest BCUT2D eigenvalue weighted by Gasteiger charge is -2.09. The third-order valence-corrected chi connectivity index (χ3v) is 1.93. The topological polar surface area (TPSA) is 0 Å². The van der Waals surface area contributed by atoms with Gasteiger partial charge in [0.05, 0.1) is 10.9 Å². The standard InChI is InChI=1S/C9H8ClF3/c1-6(10)7-3-2-4-8(5-7)9(11,12)13/h2-6H,1H3/t6-/m0/s1. The molecule has 1 aromatic carbocycles. The monoisotopic (exact) mass is 208 g/mol. The van der Waals surface area contributed by atoms with Crippen LogP contribution in [0, 0.1) is 0 Å². The van der Waals surface area contributed by atoms with Crippen molar-refractivity contribution in [3.8, 4) is 0 Å². The maximum absolute atomic E-state index is 12.2. The Kier molecular flexibility index (Phi) is 2.86. The van der Waals surface area contributed by atoms with Crippen LogP contribution >= 0.6 is 11.6 Å². The van der Waals surface area contributed by atoms with Gasteiger partial charge in [0.1, 0.15) is 0 Å². The molecule has 0 aliphatic carbocycles. The fourth-order valence-electron chi connectivity index (χ4n) is 0.962. The SMILES string of the molecule is C[C@H](Cl)c1cccc(C(F)(F)F)c1. The fraction of sp³-hybridized carbons (Fsp3) is 0.333. The number of rotatable bonds is 1. The van der Waals surface area contributed by atoms with Crippen molar-refractivity contribution in [1.29, 1.82) is 0 Å². The zero-order valence-corrected chi connectivity index (χ0v) is 7.65. The molecule has 0 N–H and O–H groups in total. The molecule has 0 radical (unpaired) electrons. The molecule has 0 aromatic heterocycles. The third kappa shape index (κ3) is 2.62. The number of halogens is 4. The van der Waals surface area contributed by atoms with Gasteiger partial charge in [-0.1, -0.05) is 18.2 Å². The summed E-state index contributed by atoms with van der Waals surface area (Å²) in [6.45, 7) is 1.64. The van der Waals surface area contributed by atoms with E-state index in [1.807, 2.05) is 0 Å². The molecular weight excluding hydrogens is 201 g/mol. The Labute approximate surface area is 79.3 Å². The normalized spacial score (nSPS) is 14.2. The largest absolute Gasteiger partial charge is 0.416 e. The summed E-state index contributed by atoms with van der Waals surface area (Å²) in [7, 11) is 0. The average Bonchev–Trinajstić information content (AvgIpc) is 2.03.